The van der Waals surface area contributed by atoms with Crippen LogP contribution < -0.4 is 16.4 Å². The van der Waals surface area contributed by atoms with E-state index in [1.165, 1.54) is 29.0 Å². The number of halogens is 1. The fourth-order valence-corrected chi connectivity index (χ4v) is 7.90. The van der Waals surface area contributed by atoms with E-state index in [-0.39, 0.29) is 29.2 Å². The maximum absolute atomic E-state index is 13.9. The molecule has 1 aromatic carbocycles. The van der Waals surface area contributed by atoms with Crippen LogP contribution in [0, 0.1) is 11.7 Å². The molecule has 2 amide bonds. The highest BCUT2D eigenvalue weighted by atomic mass is 32.1. The molecular formula is C35H33FN6O2S. The van der Waals surface area contributed by atoms with Crippen molar-refractivity contribution in [1.82, 2.24) is 20.3 Å². The summed E-state index contributed by atoms with van der Waals surface area (Å²) >= 11 is 1.48. The number of pyridine rings is 3. The molecule has 8 nitrogen and oxygen atoms in total. The second kappa shape index (κ2) is 11.0. The van der Waals surface area contributed by atoms with Crippen LogP contribution in [-0.4, -0.2) is 26.8 Å². The molecule has 2 atom stereocenters. The van der Waals surface area contributed by atoms with E-state index < -0.39 is 11.4 Å². The number of carbonyl (C=O) groups is 2. The Morgan fingerprint density at radius 2 is 1.96 bits per heavy atom. The number of thiophene rings is 1. The first-order chi connectivity index (χ1) is 21.6. The molecule has 45 heavy (non-hydrogen) atoms. The van der Waals surface area contributed by atoms with Crippen LogP contribution in [0.15, 0.2) is 60.9 Å². The van der Waals surface area contributed by atoms with Gasteiger partial charge in [0, 0.05) is 34.9 Å². The van der Waals surface area contributed by atoms with Gasteiger partial charge in [-0.25, -0.2) is 9.37 Å². The molecular weight excluding hydrogens is 587 g/mol. The van der Waals surface area contributed by atoms with Gasteiger partial charge in [-0.15, -0.1) is 11.3 Å². The Morgan fingerprint density at radius 1 is 1.16 bits per heavy atom. The third kappa shape index (κ3) is 5.12. The lowest BCUT2D eigenvalue weighted by Crippen LogP contribution is -2.39. The summed E-state index contributed by atoms with van der Waals surface area (Å²) in [5.74, 6) is -0.349. The summed E-state index contributed by atoms with van der Waals surface area (Å²) in [5, 5.41) is 7.72. The molecule has 0 bridgehead atoms. The highest BCUT2D eigenvalue weighted by Crippen LogP contribution is 2.46. The van der Waals surface area contributed by atoms with Crippen LogP contribution in [0.2, 0.25) is 0 Å². The van der Waals surface area contributed by atoms with Crippen molar-refractivity contribution in [2.24, 2.45) is 11.7 Å². The quantitative estimate of drug-likeness (QED) is 0.182. The number of nitrogens with two attached hydrogens (primary N) is 1. The van der Waals surface area contributed by atoms with Crippen molar-refractivity contribution in [3.63, 3.8) is 0 Å². The van der Waals surface area contributed by atoms with Crippen LogP contribution in [0.3, 0.4) is 0 Å². The standard InChI is InChI=1S/C35H33FN6O2S/c1-18(2)15-25-27(32(37)43)28(29-31(40-25)35(3,42-34(29)44)17-19-6-8-21(36)9-7-19)26-16-20-12-14-39-33(30(20)45-26)41-24-11-10-23-22(24)5-4-13-38-23/h4-9,12-14,16,18,24H,10-11,15,17H2,1-3H3,(H2,37,43)(H,39,41)(H,42,44). The highest BCUT2D eigenvalue weighted by Gasteiger charge is 2.44. The van der Waals surface area contributed by atoms with Crippen molar-refractivity contribution < 1.29 is 14.0 Å². The SMILES string of the molecule is CC(C)Cc1nc2c(c(-c3cc4ccnc(NC5CCc6ncccc65)c4s3)c1C(N)=O)C(=O)NC2(C)Cc1ccc(F)cc1. The van der Waals surface area contributed by atoms with Gasteiger partial charge in [0.2, 0.25) is 0 Å². The van der Waals surface area contributed by atoms with E-state index in [0.717, 1.165) is 44.9 Å². The molecule has 0 fully saturated rings. The van der Waals surface area contributed by atoms with E-state index in [1.807, 2.05) is 31.3 Å². The largest absolute Gasteiger partial charge is 0.366 e. The first-order valence-corrected chi connectivity index (χ1v) is 16.0. The third-order valence-corrected chi connectivity index (χ3v) is 9.87. The van der Waals surface area contributed by atoms with Crippen molar-refractivity contribution in [2.45, 2.75) is 58.0 Å². The average Bonchev–Trinajstić information content (AvgIpc) is 3.68. The lowest BCUT2D eigenvalue weighted by Gasteiger charge is -2.26. The molecule has 5 aromatic rings. The molecule has 0 saturated carbocycles. The third-order valence-electron chi connectivity index (χ3n) is 8.69. The van der Waals surface area contributed by atoms with Crippen molar-refractivity contribution in [3.05, 3.63) is 106 Å². The van der Waals surface area contributed by atoms with Gasteiger partial charge < -0.3 is 16.4 Å². The Bertz CT molecular complexity index is 1990. The Labute approximate surface area is 264 Å². The highest BCUT2D eigenvalue weighted by molar-refractivity contribution is 7.22. The molecule has 0 saturated heterocycles. The van der Waals surface area contributed by atoms with Crippen molar-refractivity contribution in [2.75, 3.05) is 5.32 Å². The maximum atomic E-state index is 13.9. The number of nitrogens with one attached hydrogen (secondary N) is 2. The number of rotatable bonds is 8. The molecule has 5 heterocycles. The fraction of sp³-hybridized carbons (Fsp3) is 0.286. The number of hydrogen-bond donors (Lipinski definition) is 3. The summed E-state index contributed by atoms with van der Waals surface area (Å²) in [5.41, 5.74) is 10.6. The molecule has 228 valence electrons. The average molecular weight is 621 g/mol. The summed E-state index contributed by atoms with van der Waals surface area (Å²) in [6, 6.07) is 14.3. The molecule has 0 radical (unpaired) electrons. The van der Waals surface area contributed by atoms with E-state index in [9.17, 15) is 14.0 Å². The number of aryl methyl sites for hydroxylation is 1. The zero-order valence-corrected chi connectivity index (χ0v) is 26.1. The van der Waals surface area contributed by atoms with Crippen molar-refractivity contribution in [1.29, 1.82) is 0 Å². The normalized spacial score (nSPS) is 18.7. The number of carbonyl (C=O) groups excluding carboxylic acids is 2. The van der Waals surface area contributed by atoms with E-state index in [0.29, 0.717) is 35.4 Å². The predicted octanol–water partition coefficient (Wildman–Crippen LogP) is 6.49. The molecule has 7 rings (SSSR count). The number of primary amides is 1. The lowest BCUT2D eigenvalue weighted by molar-refractivity contribution is 0.0935. The first kappa shape index (κ1) is 29.0. The summed E-state index contributed by atoms with van der Waals surface area (Å²) in [4.78, 5) is 42.0. The van der Waals surface area contributed by atoms with Gasteiger partial charge in [-0.05, 0) is 78.9 Å². The predicted molar refractivity (Wildman–Crippen MR) is 174 cm³/mol. The van der Waals surface area contributed by atoms with Crippen LogP contribution in [0.25, 0.3) is 20.5 Å². The molecule has 4 aromatic heterocycles. The summed E-state index contributed by atoms with van der Waals surface area (Å²) in [7, 11) is 0. The number of nitrogens with zero attached hydrogens (tertiary/aromatic N) is 3. The minimum atomic E-state index is -0.879. The number of fused-ring (bicyclic) bond motifs is 3. The Kier molecular flexibility index (Phi) is 7.12. The van der Waals surface area contributed by atoms with Crippen molar-refractivity contribution in [3.8, 4) is 10.4 Å². The molecule has 10 heteroatoms. The topological polar surface area (TPSA) is 123 Å². The molecule has 2 aliphatic rings. The van der Waals surface area contributed by atoms with Gasteiger partial charge in [0.1, 0.15) is 11.6 Å². The zero-order valence-electron chi connectivity index (χ0n) is 25.3. The minimum absolute atomic E-state index is 0.0827. The first-order valence-electron chi connectivity index (χ1n) is 15.1. The second-order valence-electron chi connectivity index (χ2n) is 12.5. The van der Waals surface area contributed by atoms with Gasteiger partial charge in [-0.2, -0.15) is 0 Å². The van der Waals surface area contributed by atoms with Gasteiger partial charge in [0.25, 0.3) is 11.8 Å². The minimum Gasteiger partial charge on any atom is -0.366 e. The number of aromatic nitrogens is 3. The van der Waals surface area contributed by atoms with Crippen LogP contribution in [0.5, 0.6) is 0 Å². The van der Waals surface area contributed by atoms with E-state index in [2.05, 4.69) is 35.5 Å². The van der Waals surface area contributed by atoms with Crippen LogP contribution in [0.1, 0.15) is 82.2 Å². The van der Waals surface area contributed by atoms with Crippen molar-refractivity contribution >= 4 is 39.1 Å². The second-order valence-corrected chi connectivity index (χ2v) is 13.6. The number of anilines is 1. The summed E-state index contributed by atoms with van der Waals surface area (Å²) in [6.45, 7) is 6.03. The zero-order chi connectivity index (χ0) is 31.5. The molecule has 4 N–H and O–H groups in total. The monoisotopic (exact) mass is 620 g/mol. The van der Waals surface area contributed by atoms with Crippen LogP contribution in [0.4, 0.5) is 10.2 Å². The Hall–Kier alpha value is -4.70. The van der Waals surface area contributed by atoms with E-state index >= 15 is 0 Å². The smallest absolute Gasteiger partial charge is 0.254 e. The number of hydrogen-bond acceptors (Lipinski definition) is 7. The maximum Gasteiger partial charge on any atom is 0.254 e. The molecule has 2 unspecified atom stereocenters. The summed E-state index contributed by atoms with van der Waals surface area (Å²) < 4.78 is 14.6. The van der Waals surface area contributed by atoms with Gasteiger partial charge in [-0.3, -0.25) is 19.6 Å². The Balaban J connectivity index is 1.39. The van der Waals surface area contributed by atoms with Gasteiger partial charge in [-0.1, -0.05) is 32.0 Å². The molecule has 1 aliphatic carbocycles. The van der Waals surface area contributed by atoms with Gasteiger partial charge >= 0.3 is 0 Å². The van der Waals surface area contributed by atoms with Gasteiger partial charge in [0.15, 0.2) is 0 Å². The molecule has 0 spiro atoms. The summed E-state index contributed by atoms with van der Waals surface area (Å²) in [6.07, 6.45) is 6.31. The lowest BCUT2D eigenvalue weighted by atomic mass is 9.86. The van der Waals surface area contributed by atoms with E-state index in [1.54, 1.807) is 18.3 Å². The fourth-order valence-electron chi connectivity index (χ4n) is 6.73. The Morgan fingerprint density at radius 3 is 2.71 bits per heavy atom. The van der Waals surface area contributed by atoms with Crippen LogP contribution in [-0.2, 0) is 24.8 Å². The molecule has 1 aliphatic heterocycles. The van der Waals surface area contributed by atoms with Crippen LogP contribution >= 0.6 is 11.3 Å². The number of amides is 2. The van der Waals surface area contributed by atoms with Gasteiger partial charge in [0.05, 0.1) is 38.8 Å². The number of benzene rings is 1. The van der Waals surface area contributed by atoms with E-state index in [4.69, 9.17) is 15.7 Å².